The Morgan fingerprint density at radius 1 is 1.03 bits per heavy atom. The number of carbonyl (C=O) groups is 4. The van der Waals surface area contributed by atoms with Gasteiger partial charge in [-0.3, -0.25) is 19.2 Å². The summed E-state index contributed by atoms with van der Waals surface area (Å²) in [5.41, 5.74) is 1.42. The van der Waals surface area contributed by atoms with E-state index in [9.17, 15) is 19.2 Å². The van der Waals surface area contributed by atoms with Crippen molar-refractivity contribution in [3.05, 3.63) is 11.6 Å². The molecule has 0 aromatic rings. The van der Waals surface area contributed by atoms with Crippen molar-refractivity contribution < 1.29 is 29.0 Å². The van der Waals surface area contributed by atoms with Crippen molar-refractivity contribution in [3.63, 3.8) is 0 Å². The lowest BCUT2D eigenvalue weighted by molar-refractivity contribution is -0.152. The second-order valence-electron chi connectivity index (χ2n) is 10.7. The number of aliphatic carboxylic acids is 1. The minimum Gasteiger partial charge on any atom is -0.481 e. The molecule has 0 aromatic heterocycles. The number of carboxylic acids is 1. The summed E-state index contributed by atoms with van der Waals surface area (Å²) in [6.07, 6.45) is 9.11. The fraction of sp³-hybridized carbons (Fsp3) is 0.760. The Bertz CT molecular complexity index is 828. The van der Waals surface area contributed by atoms with Gasteiger partial charge in [0.25, 0.3) is 0 Å². The number of hydrogen-bond acceptors (Lipinski definition) is 5. The Labute approximate surface area is 183 Å². The van der Waals surface area contributed by atoms with Crippen molar-refractivity contribution in [3.8, 4) is 0 Å². The van der Waals surface area contributed by atoms with Crippen LogP contribution in [-0.2, 0) is 23.9 Å². The van der Waals surface area contributed by atoms with Crippen LogP contribution in [0.15, 0.2) is 11.6 Å². The standard InChI is InChI=1S/C25H34O6/c1-24-11-9-16(26)13-15(24)3-4-17-18-5-6-20(25(18,2)12-10-19(17)24)21(27)14-31-23(30)8-7-22(28)29/h13,17-20H,3-12,14H2,1-2H3,(H,28,29)/t17-,18-,19-,20+,24-,25-/m0/s1. The molecule has 0 bridgehead atoms. The highest BCUT2D eigenvalue weighted by Crippen LogP contribution is 2.66. The molecule has 6 atom stereocenters. The summed E-state index contributed by atoms with van der Waals surface area (Å²) < 4.78 is 5.10. The quantitative estimate of drug-likeness (QED) is 0.637. The summed E-state index contributed by atoms with van der Waals surface area (Å²) in [5, 5.41) is 8.68. The van der Waals surface area contributed by atoms with Crippen LogP contribution in [-0.4, -0.2) is 35.2 Å². The van der Waals surface area contributed by atoms with E-state index in [1.165, 1.54) is 5.57 Å². The summed E-state index contributed by atoms with van der Waals surface area (Å²) in [5.74, 6) is 0.168. The van der Waals surface area contributed by atoms with Crippen LogP contribution >= 0.6 is 0 Å². The molecule has 6 nitrogen and oxygen atoms in total. The molecule has 3 fully saturated rings. The molecule has 0 heterocycles. The van der Waals surface area contributed by atoms with Crippen LogP contribution in [0.3, 0.4) is 0 Å². The van der Waals surface area contributed by atoms with E-state index in [0.717, 1.165) is 44.9 Å². The first kappa shape index (κ1) is 22.2. The van der Waals surface area contributed by atoms with Gasteiger partial charge in [-0.05, 0) is 79.6 Å². The van der Waals surface area contributed by atoms with Crippen molar-refractivity contribution in [1.82, 2.24) is 0 Å². The zero-order chi connectivity index (χ0) is 22.4. The second-order valence-corrected chi connectivity index (χ2v) is 10.7. The van der Waals surface area contributed by atoms with Crippen molar-refractivity contribution >= 4 is 23.5 Å². The van der Waals surface area contributed by atoms with E-state index < -0.39 is 11.9 Å². The highest BCUT2D eigenvalue weighted by Gasteiger charge is 2.60. The molecule has 0 unspecified atom stereocenters. The first-order chi connectivity index (χ1) is 14.6. The van der Waals surface area contributed by atoms with Crippen LogP contribution in [0.2, 0.25) is 0 Å². The van der Waals surface area contributed by atoms with E-state index in [-0.39, 0.29) is 47.8 Å². The van der Waals surface area contributed by atoms with Gasteiger partial charge in [0.2, 0.25) is 0 Å². The van der Waals surface area contributed by atoms with Crippen LogP contribution < -0.4 is 0 Å². The molecule has 0 saturated heterocycles. The number of esters is 1. The first-order valence-corrected chi connectivity index (χ1v) is 11.8. The highest BCUT2D eigenvalue weighted by molar-refractivity contribution is 5.91. The largest absolute Gasteiger partial charge is 0.481 e. The lowest BCUT2D eigenvalue weighted by Crippen LogP contribution is -2.51. The minimum atomic E-state index is -1.05. The average molecular weight is 431 g/mol. The van der Waals surface area contributed by atoms with Gasteiger partial charge in [0.1, 0.15) is 6.61 Å². The molecule has 1 N–H and O–H groups in total. The summed E-state index contributed by atoms with van der Waals surface area (Å²) in [6, 6.07) is 0. The molecular weight excluding hydrogens is 396 g/mol. The molecule has 31 heavy (non-hydrogen) atoms. The molecule has 3 saturated carbocycles. The molecule has 0 spiro atoms. The van der Waals surface area contributed by atoms with Crippen LogP contribution in [0.25, 0.3) is 0 Å². The van der Waals surface area contributed by atoms with Crippen molar-refractivity contribution in [2.45, 2.75) is 78.1 Å². The monoisotopic (exact) mass is 430 g/mol. The molecule has 0 aliphatic heterocycles. The maximum Gasteiger partial charge on any atom is 0.306 e. The van der Waals surface area contributed by atoms with Crippen LogP contribution in [0.4, 0.5) is 0 Å². The Morgan fingerprint density at radius 2 is 1.81 bits per heavy atom. The topological polar surface area (TPSA) is 97.7 Å². The molecular formula is C25H34O6. The first-order valence-electron chi connectivity index (χ1n) is 11.8. The van der Waals surface area contributed by atoms with E-state index in [0.29, 0.717) is 24.2 Å². The van der Waals surface area contributed by atoms with Gasteiger partial charge in [-0.15, -0.1) is 0 Å². The van der Waals surface area contributed by atoms with E-state index in [1.807, 2.05) is 6.08 Å². The van der Waals surface area contributed by atoms with Gasteiger partial charge < -0.3 is 9.84 Å². The smallest absolute Gasteiger partial charge is 0.306 e. The Kier molecular flexibility index (Phi) is 5.86. The number of Topliss-reactive ketones (excluding diaryl/α,β-unsaturated/α-hetero) is 1. The van der Waals surface area contributed by atoms with Gasteiger partial charge in [-0.2, -0.15) is 0 Å². The number of hydrogen-bond donors (Lipinski definition) is 1. The predicted octanol–water partition coefficient (Wildman–Crippen LogP) is 4.11. The number of carbonyl (C=O) groups excluding carboxylic acids is 3. The summed E-state index contributed by atoms with van der Waals surface area (Å²) in [7, 11) is 0. The van der Waals surface area contributed by atoms with E-state index in [2.05, 4.69) is 13.8 Å². The normalized spacial score (nSPS) is 39.0. The molecule has 4 rings (SSSR count). The van der Waals surface area contributed by atoms with Gasteiger partial charge in [-0.1, -0.05) is 19.4 Å². The maximum atomic E-state index is 13.0. The zero-order valence-electron chi connectivity index (χ0n) is 18.7. The zero-order valence-corrected chi connectivity index (χ0v) is 18.7. The van der Waals surface area contributed by atoms with Crippen molar-refractivity contribution in [2.24, 2.45) is 34.5 Å². The summed E-state index contributed by atoms with van der Waals surface area (Å²) in [4.78, 5) is 47.3. The van der Waals surface area contributed by atoms with E-state index in [1.54, 1.807) is 0 Å². The molecule has 170 valence electrons. The van der Waals surface area contributed by atoms with Gasteiger partial charge in [0.15, 0.2) is 11.6 Å². The third-order valence-electron chi connectivity index (χ3n) is 9.27. The van der Waals surface area contributed by atoms with Crippen molar-refractivity contribution in [2.75, 3.05) is 6.61 Å². The third-order valence-corrected chi connectivity index (χ3v) is 9.27. The SMILES string of the molecule is C[C@]12CC[C@H]3[C@@H](CCC4=CC(=O)CC[C@@]43C)[C@@H]1CC[C@@H]2C(=O)COC(=O)CCC(=O)O. The van der Waals surface area contributed by atoms with Gasteiger partial charge in [0, 0.05) is 12.3 Å². The average Bonchev–Trinajstić information content (AvgIpc) is 3.08. The highest BCUT2D eigenvalue weighted by atomic mass is 16.5. The minimum absolute atomic E-state index is 0.0157. The van der Waals surface area contributed by atoms with Crippen LogP contribution in [0.1, 0.15) is 78.1 Å². The van der Waals surface area contributed by atoms with Gasteiger partial charge >= 0.3 is 11.9 Å². The van der Waals surface area contributed by atoms with Crippen LogP contribution in [0.5, 0.6) is 0 Å². The predicted molar refractivity (Wildman–Crippen MR) is 113 cm³/mol. The molecule has 4 aliphatic rings. The van der Waals surface area contributed by atoms with Crippen LogP contribution in [0, 0.1) is 34.5 Å². The molecule has 0 amide bonds. The lowest BCUT2D eigenvalue weighted by atomic mass is 9.46. The van der Waals surface area contributed by atoms with E-state index >= 15 is 0 Å². The Morgan fingerprint density at radius 3 is 2.55 bits per heavy atom. The number of rotatable bonds is 6. The van der Waals surface area contributed by atoms with E-state index in [4.69, 9.17) is 9.84 Å². The lowest BCUT2D eigenvalue weighted by Gasteiger charge is -2.58. The molecule has 0 aromatic carbocycles. The third kappa shape index (κ3) is 3.87. The van der Waals surface area contributed by atoms with Gasteiger partial charge in [0.05, 0.1) is 12.8 Å². The number of carboxylic acid groups (broad SMARTS) is 1. The Hall–Kier alpha value is -1.98. The number of ketones is 2. The fourth-order valence-electron chi connectivity index (χ4n) is 7.62. The molecule has 6 heteroatoms. The number of fused-ring (bicyclic) bond motifs is 5. The van der Waals surface area contributed by atoms with Crippen molar-refractivity contribution in [1.29, 1.82) is 0 Å². The summed E-state index contributed by atoms with van der Waals surface area (Å²) >= 11 is 0. The fourth-order valence-corrected chi connectivity index (χ4v) is 7.62. The number of ether oxygens (including phenoxy) is 1. The van der Waals surface area contributed by atoms with Gasteiger partial charge in [-0.25, -0.2) is 0 Å². The number of allylic oxidation sites excluding steroid dienone is 1. The molecule has 4 aliphatic carbocycles. The Balaban J connectivity index is 1.43. The summed E-state index contributed by atoms with van der Waals surface area (Å²) in [6.45, 7) is 4.37. The second kappa shape index (κ2) is 8.18. The molecule has 0 radical (unpaired) electrons. The maximum absolute atomic E-state index is 13.0.